The summed E-state index contributed by atoms with van der Waals surface area (Å²) in [5.41, 5.74) is 1.05. The second-order valence-corrected chi connectivity index (χ2v) is 4.92. The lowest BCUT2D eigenvalue weighted by Gasteiger charge is -1.98. The van der Waals surface area contributed by atoms with Gasteiger partial charge in [-0.1, -0.05) is 0 Å². The third-order valence-electron chi connectivity index (χ3n) is 1.48. The maximum absolute atomic E-state index is 11.3. The molecular weight excluding hydrogens is 254 g/mol. The molecule has 1 aromatic rings. The fourth-order valence-corrected chi connectivity index (χ4v) is 2.28. The molecule has 1 rings (SSSR count). The Labute approximate surface area is 88.9 Å². The Kier molecular flexibility index (Phi) is 3.90. The summed E-state index contributed by atoms with van der Waals surface area (Å²) in [7, 11) is 0. The zero-order valence-electron chi connectivity index (χ0n) is 7.13. The highest BCUT2D eigenvalue weighted by molar-refractivity contribution is 9.11. The Morgan fingerprint density at radius 1 is 1.77 bits per heavy atom. The Morgan fingerprint density at radius 3 is 2.92 bits per heavy atom. The smallest absolute Gasteiger partial charge is 0.261 e. The second kappa shape index (κ2) is 4.74. The van der Waals surface area contributed by atoms with E-state index in [1.54, 1.807) is 0 Å². The fraction of sp³-hybridized carbons (Fsp3) is 0.375. The van der Waals surface area contributed by atoms with Crippen molar-refractivity contribution >= 4 is 33.2 Å². The second-order valence-electron chi connectivity index (χ2n) is 2.55. The lowest BCUT2D eigenvalue weighted by Crippen LogP contribution is -2.25. The molecule has 1 aromatic heterocycles. The first-order valence-electron chi connectivity index (χ1n) is 3.80. The van der Waals surface area contributed by atoms with Crippen LogP contribution in [-0.4, -0.2) is 24.2 Å². The number of hydrogen-bond donors (Lipinski definition) is 2. The van der Waals surface area contributed by atoms with Gasteiger partial charge < -0.3 is 10.4 Å². The highest BCUT2D eigenvalue weighted by Gasteiger charge is 2.09. The van der Waals surface area contributed by atoms with Crippen LogP contribution < -0.4 is 5.32 Å². The third kappa shape index (κ3) is 2.79. The lowest BCUT2D eigenvalue weighted by molar-refractivity contribution is 0.0949. The first-order valence-corrected chi connectivity index (χ1v) is 5.41. The molecule has 72 valence electrons. The van der Waals surface area contributed by atoms with E-state index in [4.69, 9.17) is 5.11 Å². The van der Waals surface area contributed by atoms with E-state index in [-0.39, 0.29) is 12.5 Å². The first-order chi connectivity index (χ1) is 6.15. The van der Waals surface area contributed by atoms with Gasteiger partial charge >= 0.3 is 0 Å². The quantitative estimate of drug-likeness (QED) is 0.870. The Hall–Kier alpha value is -0.390. The minimum atomic E-state index is -0.132. The van der Waals surface area contributed by atoms with E-state index in [0.717, 1.165) is 9.35 Å². The van der Waals surface area contributed by atoms with Crippen LogP contribution in [0.4, 0.5) is 0 Å². The molecule has 0 aliphatic heterocycles. The molecule has 2 N–H and O–H groups in total. The van der Waals surface area contributed by atoms with Crippen LogP contribution in [0.15, 0.2) is 9.85 Å². The van der Waals surface area contributed by atoms with Crippen molar-refractivity contribution < 1.29 is 9.90 Å². The summed E-state index contributed by atoms with van der Waals surface area (Å²) in [6, 6.07) is 1.82. The Bertz CT molecular complexity index is 292. The van der Waals surface area contributed by atoms with Crippen molar-refractivity contribution in [3.8, 4) is 0 Å². The van der Waals surface area contributed by atoms with Crippen molar-refractivity contribution in [2.45, 2.75) is 6.92 Å². The summed E-state index contributed by atoms with van der Waals surface area (Å²) >= 11 is 4.74. The van der Waals surface area contributed by atoms with Gasteiger partial charge in [-0.05, 0) is 34.5 Å². The van der Waals surface area contributed by atoms with Crippen molar-refractivity contribution in [2.75, 3.05) is 13.2 Å². The van der Waals surface area contributed by atoms with E-state index >= 15 is 0 Å². The molecule has 0 aliphatic rings. The average Bonchev–Trinajstić information content (AvgIpc) is 2.43. The van der Waals surface area contributed by atoms with Gasteiger partial charge in [0.05, 0.1) is 15.3 Å². The number of thiophene rings is 1. The molecule has 3 nitrogen and oxygen atoms in total. The van der Waals surface area contributed by atoms with Crippen molar-refractivity contribution in [1.82, 2.24) is 5.32 Å². The number of nitrogens with one attached hydrogen (secondary N) is 1. The van der Waals surface area contributed by atoms with Crippen LogP contribution in [0.5, 0.6) is 0 Å². The SMILES string of the molecule is Cc1cc(C(=O)NCCO)sc1Br. The average molecular weight is 264 g/mol. The van der Waals surface area contributed by atoms with E-state index in [1.807, 2.05) is 13.0 Å². The van der Waals surface area contributed by atoms with Crippen LogP contribution in [0.2, 0.25) is 0 Å². The van der Waals surface area contributed by atoms with Gasteiger partial charge in [-0.25, -0.2) is 0 Å². The fourth-order valence-electron chi connectivity index (χ4n) is 0.828. The lowest BCUT2D eigenvalue weighted by atomic mass is 10.3. The molecule has 0 aliphatic carbocycles. The topological polar surface area (TPSA) is 49.3 Å². The molecule has 0 radical (unpaired) electrons. The Balaban J connectivity index is 2.66. The summed E-state index contributed by atoms with van der Waals surface area (Å²) in [6.45, 7) is 2.20. The molecule has 0 saturated heterocycles. The number of aliphatic hydroxyl groups is 1. The van der Waals surface area contributed by atoms with Crippen molar-refractivity contribution in [2.24, 2.45) is 0 Å². The predicted molar refractivity (Wildman–Crippen MR) is 56.2 cm³/mol. The van der Waals surface area contributed by atoms with Gasteiger partial charge in [-0.3, -0.25) is 4.79 Å². The molecule has 0 unspecified atom stereocenters. The van der Waals surface area contributed by atoms with Crippen LogP contribution in [0, 0.1) is 6.92 Å². The normalized spacial score (nSPS) is 10.1. The number of hydrogen-bond acceptors (Lipinski definition) is 3. The number of rotatable bonds is 3. The molecule has 0 aromatic carbocycles. The van der Waals surface area contributed by atoms with Crippen molar-refractivity contribution in [3.63, 3.8) is 0 Å². The van der Waals surface area contributed by atoms with Gasteiger partial charge in [0.15, 0.2) is 0 Å². The predicted octanol–water partition coefficient (Wildman–Crippen LogP) is 1.54. The van der Waals surface area contributed by atoms with Crippen LogP contribution in [0.3, 0.4) is 0 Å². The highest BCUT2D eigenvalue weighted by atomic mass is 79.9. The highest BCUT2D eigenvalue weighted by Crippen LogP contribution is 2.26. The maximum Gasteiger partial charge on any atom is 0.261 e. The van der Waals surface area contributed by atoms with Crippen molar-refractivity contribution in [3.05, 3.63) is 20.3 Å². The summed E-state index contributed by atoms with van der Waals surface area (Å²) in [6.07, 6.45) is 0. The summed E-state index contributed by atoms with van der Waals surface area (Å²) in [5, 5.41) is 11.1. The molecule has 13 heavy (non-hydrogen) atoms. The van der Waals surface area contributed by atoms with E-state index < -0.39 is 0 Å². The standard InChI is InChI=1S/C8H10BrNO2S/c1-5-4-6(13-7(5)9)8(12)10-2-3-11/h4,11H,2-3H2,1H3,(H,10,12). The molecular formula is C8H10BrNO2S. The Morgan fingerprint density at radius 2 is 2.46 bits per heavy atom. The largest absolute Gasteiger partial charge is 0.395 e. The zero-order chi connectivity index (χ0) is 9.84. The molecule has 1 amide bonds. The number of aryl methyl sites for hydroxylation is 1. The summed E-state index contributed by atoms with van der Waals surface area (Å²) in [4.78, 5) is 12.0. The van der Waals surface area contributed by atoms with Gasteiger partial charge in [-0.15, -0.1) is 11.3 Å². The van der Waals surface area contributed by atoms with Gasteiger partial charge in [-0.2, -0.15) is 0 Å². The van der Waals surface area contributed by atoms with Crippen LogP contribution in [-0.2, 0) is 0 Å². The molecule has 0 saturated carbocycles. The van der Waals surface area contributed by atoms with Gasteiger partial charge in [0, 0.05) is 6.54 Å². The first kappa shape index (κ1) is 10.7. The van der Waals surface area contributed by atoms with Gasteiger partial charge in [0.25, 0.3) is 5.91 Å². The van der Waals surface area contributed by atoms with Crippen LogP contribution in [0.1, 0.15) is 15.2 Å². The molecule has 0 atom stereocenters. The van der Waals surface area contributed by atoms with E-state index in [9.17, 15) is 4.79 Å². The van der Waals surface area contributed by atoms with E-state index in [1.165, 1.54) is 11.3 Å². The minimum absolute atomic E-state index is 0.0305. The number of carbonyl (C=O) groups excluding carboxylic acids is 1. The zero-order valence-corrected chi connectivity index (χ0v) is 9.54. The van der Waals surface area contributed by atoms with Gasteiger partial charge in [0.1, 0.15) is 0 Å². The molecule has 0 bridgehead atoms. The maximum atomic E-state index is 11.3. The van der Waals surface area contributed by atoms with Gasteiger partial charge in [0.2, 0.25) is 0 Å². The van der Waals surface area contributed by atoms with Crippen LogP contribution >= 0.6 is 27.3 Å². The van der Waals surface area contributed by atoms with E-state index in [0.29, 0.717) is 11.4 Å². The molecule has 1 heterocycles. The van der Waals surface area contributed by atoms with E-state index in [2.05, 4.69) is 21.2 Å². The molecule has 0 spiro atoms. The number of aliphatic hydroxyl groups excluding tert-OH is 1. The van der Waals surface area contributed by atoms with Crippen molar-refractivity contribution in [1.29, 1.82) is 0 Å². The number of carbonyl (C=O) groups is 1. The molecule has 5 heteroatoms. The summed E-state index contributed by atoms with van der Waals surface area (Å²) in [5.74, 6) is -0.132. The minimum Gasteiger partial charge on any atom is -0.395 e. The monoisotopic (exact) mass is 263 g/mol. The summed E-state index contributed by atoms with van der Waals surface area (Å²) < 4.78 is 0.974. The molecule has 0 fully saturated rings. The number of amides is 1. The third-order valence-corrected chi connectivity index (χ3v) is 3.61. The number of halogens is 1. The van der Waals surface area contributed by atoms with Crippen LogP contribution in [0.25, 0.3) is 0 Å².